The Morgan fingerprint density at radius 3 is 2.76 bits per heavy atom. The average Bonchev–Trinajstić information content (AvgIpc) is 3.03. The van der Waals surface area contributed by atoms with Crippen LogP contribution < -0.4 is 11.1 Å². The number of hydrogen-bond donors (Lipinski definition) is 2. The number of hydrogen-bond acceptors (Lipinski definition) is 3. The molecule has 17 heavy (non-hydrogen) atoms. The highest BCUT2D eigenvalue weighted by atomic mass is 16.2. The van der Waals surface area contributed by atoms with Gasteiger partial charge in [0.15, 0.2) is 5.69 Å². The third-order valence-electron chi connectivity index (χ3n) is 3.66. The monoisotopic (exact) mass is 236 g/mol. The normalized spacial score (nSPS) is 16.8. The zero-order valence-electron chi connectivity index (χ0n) is 10.5. The third kappa shape index (κ3) is 2.43. The molecule has 3 N–H and O–H groups in total. The molecular weight excluding hydrogens is 216 g/mol. The molecule has 1 fully saturated rings. The number of aryl methyl sites for hydroxylation is 1. The Labute approximate surface area is 101 Å². The maximum atomic E-state index is 11.9. The van der Waals surface area contributed by atoms with E-state index in [4.69, 9.17) is 5.73 Å². The zero-order chi connectivity index (χ0) is 12.5. The highest BCUT2D eigenvalue weighted by molar-refractivity contribution is 5.97. The summed E-state index contributed by atoms with van der Waals surface area (Å²) in [4.78, 5) is 11.9. The van der Waals surface area contributed by atoms with Gasteiger partial charge in [-0.1, -0.05) is 6.92 Å². The molecule has 0 atom stereocenters. The van der Waals surface area contributed by atoms with Crippen LogP contribution in [0.4, 0.5) is 5.69 Å². The fraction of sp³-hybridized carbons (Fsp3) is 0.667. The van der Waals surface area contributed by atoms with E-state index in [2.05, 4.69) is 17.3 Å². The van der Waals surface area contributed by atoms with Crippen molar-refractivity contribution in [1.82, 2.24) is 15.1 Å². The van der Waals surface area contributed by atoms with E-state index in [0.29, 0.717) is 16.8 Å². The minimum absolute atomic E-state index is 0.158. The summed E-state index contributed by atoms with van der Waals surface area (Å²) in [5.74, 6) is -0.158. The number of nitrogens with one attached hydrogen (secondary N) is 1. The summed E-state index contributed by atoms with van der Waals surface area (Å²) in [6.07, 6.45) is 5.24. The highest BCUT2D eigenvalue weighted by Crippen LogP contribution is 2.47. The molecule has 2 rings (SSSR count). The van der Waals surface area contributed by atoms with Gasteiger partial charge in [-0.05, 0) is 31.6 Å². The molecule has 94 valence electrons. The summed E-state index contributed by atoms with van der Waals surface area (Å²) >= 11 is 0. The number of carbonyl (C=O) groups is 1. The van der Waals surface area contributed by atoms with Gasteiger partial charge >= 0.3 is 0 Å². The van der Waals surface area contributed by atoms with Crippen LogP contribution >= 0.6 is 0 Å². The Bertz CT molecular complexity index is 420. The lowest BCUT2D eigenvalue weighted by Crippen LogP contribution is -2.30. The Hall–Kier alpha value is -1.52. The van der Waals surface area contributed by atoms with E-state index in [1.165, 1.54) is 12.8 Å². The number of nitrogens with two attached hydrogens (primary N) is 1. The van der Waals surface area contributed by atoms with Crippen molar-refractivity contribution >= 4 is 11.6 Å². The van der Waals surface area contributed by atoms with E-state index >= 15 is 0 Å². The molecular formula is C12H20N4O. The van der Waals surface area contributed by atoms with Crippen LogP contribution in [0.1, 0.15) is 43.6 Å². The van der Waals surface area contributed by atoms with Crippen molar-refractivity contribution in [3.63, 3.8) is 0 Å². The summed E-state index contributed by atoms with van der Waals surface area (Å²) in [7, 11) is 0. The first-order valence-corrected chi connectivity index (χ1v) is 6.21. The molecule has 0 aromatic carbocycles. The number of nitrogens with zero attached hydrogens (tertiary/aromatic N) is 2. The predicted molar refractivity (Wildman–Crippen MR) is 66.6 cm³/mol. The first-order chi connectivity index (χ1) is 8.10. The Kier molecular flexibility index (Phi) is 3.09. The van der Waals surface area contributed by atoms with Crippen LogP contribution in [0, 0.1) is 5.41 Å². The largest absolute Gasteiger partial charge is 0.396 e. The van der Waals surface area contributed by atoms with Crippen molar-refractivity contribution in [3.8, 4) is 0 Å². The fourth-order valence-corrected chi connectivity index (χ4v) is 1.96. The van der Waals surface area contributed by atoms with Gasteiger partial charge in [0.1, 0.15) is 0 Å². The van der Waals surface area contributed by atoms with E-state index in [9.17, 15) is 4.79 Å². The van der Waals surface area contributed by atoms with Gasteiger partial charge in [-0.2, -0.15) is 5.10 Å². The lowest BCUT2D eigenvalue weighted by molar-refractivity contribution is 0.0939. The highest BCUT2D eigenvalue weighted by Gasteiger charge is 2.40. The molecule has 0 spiro atoms. The van der Waals surface area contributed by atoms with Gasteiger partial charge in [0.25, 0.3) is 5.91 Å². The van der Waals surface area contributed by atoms with Crippen LogP contribution in [-0.4, -0.2) is 22.2 Å². The van der Waals surface area contributed by atoms with Crippen LogP contribution in [0.5, 0.6) is 0 Å². The minimum Gasteiger partial charge on any atom is -0.396 e. The predicted octanol–water partition coefficient (Wildman–Crippen LogP) is 1.41. The second-order valence-corrected chi connectivity index (χ2v) is 4.82. The van der Waals surface area contributed by atoms with Crippen molar-refractivity contribution < 1.29 is 4.79 Å². The maximum Gasteiger partial charge on any atom is 0.273 e. The van der Waals surface area contributed by atoms with Crippen LogP contribution in [0.15, 0.2) is 6.20 Å². The molecule has 1 heterocycles. The summed E-state index contributed by atoms with van der Waals surface area (Å²) in [5, 5.41) is 7.09. The summed E-state index contributed by atoms with van der Waals surface area (Å²) in [6.45, 7) is 5.58. The zero-order valence-corrected chi connectivity index (χ0v) is 10.5. The quantitative estimate of drug-likeness (QED) is 0.811. The van der Waals surface area contributed by atoms with Gasteiger partial charge in [0.05, 0.1) is 5.69 Å². The molecule has 1 aliphatic rings. The average molecular weight is 236 g/mol. The lowest BCUT2D eigenvalue weighted by atomic mass is 10.0. The van der Waals surface area contributed by atoms with Crippen molar-refractivity contribution in [1.29, 1.82) is 0 Å². The van der Waals surface area contributed by atoms with Crippen LogP contribution in [0.3, 0.4) is 0 Å². The second kappa shape index (κ2) is 4.39. The van der Waals surface area contributed by atoms with Crippen LogP contribution in [-0.2, 0) is 6.54 Å². The Balaban J connectivity index is 1.97. The van der Waals surface area contributed by atoms with Gasteiger partial charge in [0.2, 0.25) is 0 Å². The van der Waals surface area contributed by atoms with Gasteiger partial charge in [-0.3, -0.25) is 9.48 Å². The molecule has 1 aromatic rings. The van der Waals surface area contributed by atoms with E-state index in [0.717, 1.165) is 19.5 Å². The van der Waals surface area contributed by atoms with Gasteiger partial charge in [0, 0.05) is 19.3 Å². The van der Waals surface area contributed by atoms with Crippen molar-refractivity contribution in [2.75, 3.05) is 12.3 Å². The topological polar surface area (TPSA) is 72.9 Å². The van der Waals surface area contributed by atoms with Crippen molar-refractivity contribution in [2.24, 2.45) is 5.41 Å². The number of nitrogen functional groups attached to an aromatic ring is 1. The molecule has 1 aromatic heterocycles. The smallest absolute Gasteiger partial charge is 0.273 e. The molecule has 0 unspecified atom stereocenters. The molecule has 0 radical (unpaired) electrons. The molecule has 1 saturated carbocycles. The molecule has 5 nitrogen and oxygen atoms in total. The first kappa shape index (κ1) is 12.0. The number of anilines is 1. The van der Waals surface area contributed by atoms with E-state index < -0.39 is 0 Å². The minimum atomic E-state index is -0.158. The number of aromatic nitrogens is 2. The lowest BCUT2D eigenvalue weighted by Gasteiger charge is -2.12. The first-order valence-electron chi connectivity index (χ1n) is 6.21. The van der Waals surface area contributed by atoms with E-state index in [1.807, 2.05) is 6.92 Å². The number of rotatable bonds is 5. The standard InChI is InChI=1S/C12H20N4O/c1-3-12(5-6-12)8-14-11(17)10-9(13)7-16(4-2)15-10/h7H,3-6,8,13H2,1-2H3,(H,14,17). The molecule has 1 aliphatic carbocycles. The van der Waals surface area contributed by atoms with E-state index in [1.54, 1.807) is 10.9 Å². The Morgan fingerprint density at radius 1 is 1.59 bits per heavy atom. The molecule has 0 aliphatic heterocycles. The molecule has 0 bridgehead atoms. The van der Waals surface area contributed by atoms with Crippen LogP contribution in [0.25, 0.3) is 0 Å². The summed E-state index contributed by atoms with van der Waals surface area (Å²) in [6, 6.07) is 0. The van der Waals surface area contributed by atoms with Gasteiger partial charge in [-0.15, -0.1) is 0 Å². The maximum absolute atomic E-state index is 11.9. The van der Waals surface area contributed by atoms with Crippen molar-refractivity contribution in [2.45, 2.75) is 39.7 Å². The molecule has 5 heteroatoms. The Morgan fingerprint density at radius 2 is 2.29 bits per heavy atom. The summed E-state index contributed by atoms with van der Waals surface area (Å²) < 4.78 is 1.68. The summed E-state index contributed by atoms with van der Waals surface area (Å²) in [5.41, 5.74) is 6.90. The second-order valence-electron chi connectivity index (χ2n) is 4.82. The molecule has 0 saturated heterocycles. The number of carbonyl (C=O) groups excluding carboxylic acids is 1. The third-order valence-corrected chi connectivity index (χ3v) is 3.66. The SMILES string of the molecule is CCn1cc(N)c(C(=O)NCC2(CC)CC2)n1. The van der Waals surface area contributed by atoms with Gasteiger partial charge < -0.3 is 11.1 Å². The fourth-order valence-electron chi connectivity index (χ4n) is 1.96. The van der Waals surface area contributed by atoms with Crippen molar-refractivity contribution in [3.05, 3.63) is 11.9 Å². The molecule has 1 amide bonds. The van der Waals surface area contributed by atoms with E-state index in [-0.39, 0.29) is 5.91 Å². The van der Waals surface area contributed by atoms with Gasteiger partial charge in [-0.25, -0.2) is 0 Å². The van der Waals surface area contributed by atoms with Crippen LogP contribution in [0.2, 0.25) is 0 Å². The number of amides is 1.